The molecule has 3 rings (SSSR count). The summed E-state index contributed by atoms with van der Waals surface area (Å²) in [5, 5.41) is 4.05. The number of hydrogen-bond donors (Lipinski definition) is 1. The number of aryl methyl sites for hydroxylation is 2. The molecule has 2 aromatic rings. The van der Waals surface area contributed by atoms with Gasteiger partial charge in [-0.1, -0.05) is 5.16 Å². The fourth-order valence-electron chi connectivity index (χ4n) is 2.46. The zero-order valence-electron chi connectivity index (χ0n) is 11.7. The summed E-state index contributed by atoms with van der Waals surface area (Å²) in [6.07, 6.45) is 1.39. The largest absolute Gasteiger partial charge is 0.381 e. The van der Waals surface area contributed by atoms with Crippen LogP contribution in [0.25, 0.3) is 11.4 Å². The highest BCUT2D eigenvalue weighted by molar-refractivity contribution is 5.55. The van der Waals surface area contributed by atoms with Crippen LogP contribution in [0, 0.1) is 13.8 Å². The first-order chi connectivity index (χ1) is 9.57. The van der Waals surface area contributed by atoms with Crippen LogP contribution >= 0.6 is 0 Å². The standard InChI is InChI=1S/C14H18N4O2/c1-9-7-11(8-10(2)16-9)12-17-13(20-18-12)14(15)3-5-19-6-4-14/h7-8H,3-6,15H2,1-2H3. The van der Waals surface area contributed by atoms with Crippen LogP contribution in [0.15, 0.2) is 16.7 Å². The van der Waals surface area contributed by atoms with Crippen molar-refractivity contribution in [1.82, 2.24) is 15.1 Å². The van der Waals surface area contributed by atoms with Crippen LogP contribution in [-0.4, -0.2) is 28.3 Å². The molecule has 1 aliphatic heterocycles. The van der Waals surface area contributed by atoms with Crippen LogP contribution in [0.2, 0.25) is 0 Å². The summed E-state index contributed by atoms with van der Waals surface area (Å²) in [7, 11) is 0. The number of hydrogen-bond acceptors (Lipinski definition) is 6. The molecule has 0 aliphatic carbocycles. The zero-order chi connectivity index (χ0) is 14.2. The summed E-state index contributed by atoms with van der Waals surface area (Å²) in [5.41, 5.74) is 8.54. The second-order valence-corrected chi connectivity index (χ2v) is 5.33. The van der Waals surface area contributed by atoms with Gasteiger partial charge in [0.2, 0.25) is 11.7 Å². The Hall–Kier alpha value is -1.79. The molecule has 0 amide bonds. The van der Waals surface area contributed by atoms with Crippen molar-refractivity contribution in [2.75, 3.05) is 13.2 Å². The lowest BCUT2D eigenvalue weighted by atomic mass is 9.91. The third kappa shape index (κ3) is 2.44. The predicted octanol–water partition coefficient (Wildman–Crippen LogP) is 1.71. The molecule has 2 N–H and O–H groups in total. The lowest BCUT2D eigenvalue weighted by Gasteiger charge is -2.29. The fourth-order valence-corrected chi connectivity index (χ4v) is 2.46. The topological polar surface area (TPSA) is 87.1 Å². The first kappa shape index (κ1) is 13.2. The van der Waals surface area contributed by atoms with Gasteiger partial charge in [-0.2, -0.15) is 4.98 Å². The maximum Gasteiger partial charge on any atom is 0.247 e. The van der Waals surface area contributed by atoms with Gasteiger partial charge in [0.05, 0.1) is 0 Å². The zero-order valence-corrected chi connectivity index (χ0v) is 11.7. The van der Waals surface area contributed by atoms with E-state index in [1.807, 2.05) is 26.0 Å². The normalized spacial score (nSPS) is 18.1. The van der Waals surface area contributed by atoms with E-state index in [0.29, 0.717) is 37.8 Å². The summed E-state index contributed by atoms with van der Waals surface area (Å²) in [5.74, 6) is 1.05. The molecular weight excluding hydrogens is 256 g/mol. The minimum absolute atomic E-state index is 0.489. The third-order valence-electron chi connectivity index (χ3n) is 3.58. The molecule has 1 aliphatic rings. The quantitative estimate of drug-likeness (QED) is 0.897. The van der Waals surface area contributed by atoms with Crippen molar-refractivity contribution in [3.8, 4) is 11.4 Å². The van der Waals surface area contributed by atoms with Crippen molar-refractivity contribution in [3.05, 3.63) is 29.4 Å². The molecule has 2 aromatic heterocycles. The van der Waals surface area contributed by atoms with E-state index in [9.17, 15) is 0 Å². The molecule has 106 valence electrons. The Balaban J connectivity index is 1.93. The maximum atomic E-state index is 6.34. The smallest absolute Gasteiger partial charge is 0.247 e. The molecule has 0 bridgehead atoms. The van der Waals surface area contributed by atoms with Gasteiger partial charge in [-0.05, 0) is 38.8 Å². The van der Waals surface area contributed by atoms with Gasteiger partial charge in [-0.15, -0.1) is 0 Å². The first-order valence-corrected chi connectivity index (χ1v) is 6.73. The van der Waals surface area contributed by atoms with Crippen molar-refractivity contribution in [1.29, 1.82) is 0 Å². The second kappa shape index (κ2) is 4.96. The SMILES string of the molecule is Cc1cc(-c2noc(C3(N)CCOCC3)n2)cc(C)n1. The maximum absolute atomic E-state index is 6.34. The minimum Gasteiger partial charge on any atom is -0.381 e. The van der Waals surface area contributed by atoms with Crippen molar-refractivity contribution in [2.45, 2.75) is 32.2 Å². The highest BCUT2D eigenvalue weighted by atomic mass is 16.5. The Morgan fingerprint density at radius 1 is 1.10 bits per heavy atom. The van der Waals surface area contributed by atoms with Gasteiger partial charge >= 0.3 is 0 Å². The van der Waals surface area contributed by atoms with Crippen molar-refractivity contribution in [3.63, 3.8) is 0 Å². The molecule has 1 fully saturated rings. The van der Waals surface area contributed by atoms with Crippen LogP contribution in [0.5, 0.6) is 0 Å². The highest BCUT2D eigenvalue weighted by Gasteiger charge is 2.35. The van der Waals surface area contributed by atoms with Crippen LogP contribution in [-0.2, 0) is 10.3 Å². The number of pyridine rings is 1. The van der Waals surface area contributed by atoms with Gasteiger partial charge in [0.25, 0.3) is 0 Å². The lowest BCUT2D eigenvalue weighted by molar-refractivity contribution is 0.0400. The predicted molar refractivity (Wildman–Crippen MR) is 72.9 cm³/mol. The molecule has 0 unspecified atom stereocenters. The van der Waals surface area contributed by atoms with E-state index >= 15 is 0 Å². The minimum atomic E-state index is -0.569. The van der Waals surface area contributed by atoms with E-state index in [4.69, 9.17) is 15.0 Å². The Bertz CT molecular complexity index is 597. The van der Waals surface area contributed by atoms with E-state index in [-0.39, 0.29) is 0 Å². The summed E-state index contributed by atoms with van der Waals surface area (Å²) < 4.78 is 10.7. The molecule has 6 nitrogen and oxygen atoms in total. The molecule has 0 spiro atoms. The van der Waals surface area contributed by atoms with Gasteiger partial charge in [0.15, 0.2) is 0 Å². The third-order valence-corrected chi connectivity index (χ3v) is 3.58. The van der Waals surface area contributed by atoms with Gasteiger partial charge in [-0.25, -0.2) is 0 Å². The molecule has 3 heterocycles. The Labute approximate surface area is 117 Å². The van der Waals surface area contributed by atoms with Crippen LogP contribution in [0.4, 0.5) is 0 Å². The highest BCUT2D eigenvalue weighted by Crippen LogP contribution is 2.29. The average Bonchev–Trinajstić information content (AvgIpc) is 2.89. The molecule has 0 atom stereocenters. The Kier molecular flexibility index (Phi) is 3.27. The molecule has 20 heavy (non-hydrogen) atoms. The first-order valence-electron chi connectivity index (χ1n) is 6.73. The fraction of sp³-hybridized carbons (Fsp3) is 0.500. The molecular formula is C14H18N4O2. The van der Waals surface area contributed by atoms with E-state index in [2.05, 4.69) is 15.1 Å². The van der Waals surface area contributed by atoms with Crippen LogP contribution in [0.1, 0.15) is 30.1 Å². The summed E-state index contributed by atoms with van der Waals surface area (Å²) in [6.45, 7) is 5.14. The molecule has 0 radical (unpaired) electrons. The second-order valence-electron chi connectivity index (χ2n) is 5.33. The summed E-state index contributed by atoms with van der Waals surface area (Å²) >= 11 is 0. The van der Waals surface area contributed by atoms with E-state index in [1.165, 1.54) is 0 Å². The number of nitrogens with two attached hydrogens (primary N) is 1. The molecule has 6 heteroatoms. The van der Waals surface area contributed by atoms with E-state index in [1.54, 1.807) is 0 Å². The summed E-state index contributed by atoms with van der Waals surface area (Å²) in [4.78, 5) is 8.81. The van der Waals surface area contributed by atoms with Gasteiger partial charge in [0, 0.05) is 30.2 Å². The van der Waals surface area contributed by atoms with Crippen LogP contribution in [0.3, 0.4) is 0 Å². The molecule has 0 aromatic carbocycles. The number of rotatable bonds is 2. The summed E-state index contributed by atoms with van der Waals surface area (Å²) in [6, 6.07) is 3.88. The molecule has 0 saturated carbocycles. The number of ether oxygens (including phenoxy) is 1. The van der Waals surface area contributed by atoms with Gasteiger partial charge in [0.1, 0.15) is 5.54 Å². The number of aromatic nitrogens is 3. The number of nitrogens with zero attached hydrogens (tertiary/aromatic N) is 3. The Morgan fingerprint density at radius 2 is 1.75 bits per heavy atom. The van der Waals surface area contributed by atoms with Gasteiger partial charge in [-0.3, -0.25) is 4.98 Å². The van der Waals surface area contributed by atoms with Crippen molar-refractivity contribution < 1.29 is 9.26 Å². The van der Waals surface area contributed by atoms with Crippen LogP contribution < -0.4 is 5.73 Å². The Morgan fingerprint density at radius 3 is 2.40 bits per heavy atom. The average molecular weight is 274 g/mol. The monoisotopic (exact) mass is 274 g/mol. The van der Waals surface area contributed by atoms with E-state index in [0.717, 1.165) is 17.0 Å². The lowest BCUT2D eigenvalue weighted by Crippen LogP contribution is -2.42. The van der Waals surface area contributed by atoms with E-state index < -0.39 is 5.54 Å². The molecule has 1 saturated heterocycles. The van der Waals surface area contributed by atoms with Crippen molar-refractivity contribution >= 4 is 0 Å². The van der Waals surface area contributed by atoms with Gasteiger partial charge < -0.3 is 15.0 Å². The van der Waals surface area contributed by atoms with Crippen molar-refractivity contribution in [2.24, 2.45) is 5.73 Å².